The Hall–Kier alpha value is -2.05. The molecule has 6 heteroatoms. The molecular formula is C15H15NO4S. The van der Waals surface area contributed by atoms with Gasteiger partial charge < -0.3 is 9.47 Å². The van der Waals surface area contributed by atoms with Gasteiger partial charge in [0.05, 0.1) is 0 Å². The van der Waals surface area contributed by atoms with E-state index in [0.29, 0.717) is 30.4 Å². The van der Waals surface area contributed by atoms with Crippen molar-refractivity contribution in [2.75, 3.05) is 20.2 Å². The van der Waals surface area contributed by atoms with Gasteiger partial charge in [0, 0.05) is 19.7 Å². The fraction of sp³-hybridized carbons (Fsp3) is 0.200. The van der Waals surface area contributed by atoms with Gasteiger partial charge in [0.15, 0.2) is 0 Å². The number of ether oxygens (including phenoxy) is 2. The molecule has 2 aromatic rings. The molecule has 0 aliphatic carbocycles. The molecule has 0 spiro atoms. The first kappa shape index (κ1) is 13.9. The largest absolute Gasteiger partial charge is 0.491 e. The minimum atomic E-state index is -3.54. The SMILES string of the molecule is CN1CCOc2ccc(Oc3ccccc3)cc2S1(=O)=O. The molecule has 0 saturated carbocycles. The van der Waals surface area contributed by atoms with Gasteiger partial charge in [-0.2, -0.15) is 4.31 Å². The summed E-state index contributed by atoms with van der Waals surface area (Å²) in [6.07, 6.45) is 0. The molecule has 0 saturated heterocycles. The standard InChI is InChI=1S/C15H15NO4S/c1-16-9-10-19-14-8-7-13(11-15(14)21(16,17)18)20-12-5-3-2-4-6-12/h2-8,11H,9-10H2,1H3. The Morgan fingerprint density at radius 1 is 1.10 bits per heavy atom. The lowest BCUT2D eigenvalue weighted by Crippen LogP contribution is -2.28. The van der Waals surface area contributed by atoms with Crippen LogP contribution in [0.3, 0.4) is 0 Å². The molecule has 1 aliphatic rings. The number of benzene rings is 2. The third-order valence-electron chi connectivity index (χ3n) is 3.25. The zero-order chi connectivity index (χ0) is 14.9. The van der Waals surface area contributed by atoms with Crippen LogP contribution in [0.15, 0.2) is 53.4 Å². The van der Waals surface area contributed by atoms with Crippen molar-refractivity contribution in [2.24, 2.45) is 0 Å². The van der Waals surface area contributed by atoms with Gasteiger partial charge in [-0.1, -0.05) is 18.2 Å². The first-order valence-electron chi connectivity index (χ1n) is 6.53. The van der Waals surface area contributed by atoms with Crippen LogP contribution >= 0.6 is 0 Å². The highest BCUT2D eigenvalue weighted by Gasteiger charge is 2.28. The molecular weight excluding hydrogens is 290 g/mol. The molecule has 0 fully saturated rings. The second-order valence-corrected chi connectivity index (χ2v) is 6.71. The summed E-state index contributed by atoms with van der Waals surface area (Å²) >= 11 is 0. The molecule has 3 rings (SSSR count). The van der Waals surface area contributed by atoms with E-state index in [1.807, 2.05) is 30.3 Å². The van der Waals surface area contributed by atoms with E-state index in [0.717, 1.165) is 0 Å². The molecule has 0 N–H and O–H groups in total. The summed E-state index contributed by atoms with van der Waals surface area (Å²) in [7, 11) is -2.00. The van der Waals surface area contributed by atoms with Crippen LogP contribution in [0.5, 0.6) is 17.2 Å². The molecule has 21 heavy (non-hydrogen) atoms. The van der Waals surface area contributed by atoms with E-state index in [2.05, 4.69) is 0 Å². The van der Waals surface area contributed by atoms with Crippen molar-refractivity contribution in [1.29, 1.82) is 0 Å². The zero-order valence-corrected chi connectivity index (χ0v) is 12.3. The van der Waals surface area contributed by atoms with E-state index in [-0.39, 0.29) is 4.90 Å². The number of nitrogens with zero attached hydrogens (tertiary/aromatic N) is 1. The lowest BCUT2D eigenvalue weighted by molar-refractivity contribution is 0.293. The summed E-state index contributed by atoms with van der Waals surface area (Å²) in [6.45, 7) is 0.660. The molecule has 110 valence electrons. The van der Waals surface area contributed by atoms with Crippen LogP contribution in [0.4, 0.5) is 0 Å². The van der Waals surface area contributed by atoms with Crippen LogP contribution in [-0.2, 0) is 10.0 Å². The molecule has 5 nitrogen and oxygen atoms in total. The van der Waals surface area contributed by atoms with Crippen molar-refractivity contribution < 1.29 is 17.9 Å². The number of rotatable bonds is 2. The Bertz CT molecular complexity index is 744. The third-order valence-corrected chi connectivity index (χ3v) is 5.12. The van der Waals surface area contributed by atoms with Gasteiger partial charge in [-0.3, -0.25) is 0 Å². The molecule has 0 unspecified atom stereocenters. The van der Waals surface area contributed by atoms with Gasteiger partial charge in [-0.05, 0) is 24.3 Å². The summed E-state index contributed by atoms with van der Waals surface area (Å²) in [6, 6.07) is 14.0. The lowest BCUT2D eigenvalue weighted by atomic mass is 10.3. The number of fused-ring (bicyclic) bond motifs is 1. The van der Waals surface area contributed by atoms with Crippen LogP contribution in [0.2, 0.25) is 0 Å². The summed E-state index contributed by atoms with van der Waals surface area (Å²) in [4.78, 5) is 0.135. The Balaban J connectivity index is 2.00. The molecule has 0 bridgehead atoms. The van der Waals surface area contributed by atoms with Crippen LogP contribution < -0.4 is 9.47 Å². The minimum Gasteiger partial charge on any atom is -0.491 e. The predicted molar refractivity (Wildman–Crippen MR) is 78.3 cm³/mol. The Labute approximate surface area is 123 Å². The first-order chi connectivity index (χ1) is 10.1. The predicted octanol–water partition coefficient (Wildman–Crippen LogP) is 2.49. The van der Waals surface area contributed by atoms with Crippen LogP contribution in [0.1, 0.15) is 0 Å². The highest BCUT2D eigenvalue weighted by molar-refractivity contribution is 7.89. The molecule has 2 aromatic carbocycles. The van der Waals surface area contributed by atoms with Gasteiger partial charge in [0.1, 0.15) is 28.8 Å². The first-order valence-corrected chi connectivity index (χ1v) is 7.97. The highest BCUT2D eigenvalue weighted by atomic mass is 32.2. The van der Waals surface area contributed by atoms with Crippen LogP contribution in [-0.4, -0.2) is 32.9 Å². The van der Waals surface area contributed by atoms with Crippen molar-refractivity contribution >= 4 is 10.0 Å². The quantitative estimate of drug-likeness (QED) is 0.855. The van der Waals surface area contributed by atoms with E-state index in [1.54, 1.807) is 19.2 Å². The fourth-order valence-corrected chi connectivity index (χ4v) is 3.37. The van der Waals surface area contributed by atoms with E-state index in [4.69, 9.17) is 9.47 Å². The van der Waals surface area contributed by atoms with Gasteiger partial charge >= 0.3 is 0 Å². The molecule has 1 aliphatic heterocycles. The normalized spacial score (nSPS) is 17.4. The number of hydrogen-bond donors (Lipinski definition) is 0. The average molecular weight is 305 g/mol. The molecule has 0 aromatic heterocycles. The number of hydrogen-bond acceptors (Lipinski definition) is 4. The summed E-state index contributed by atoms with van der Waals surface area (Å²) in [5, 5.41) is 0. The Kier molecular flexibility index (Phi) is 3.57. The number of sulfonamides is 1. The maximum atomic E-state index is 12.4. The molecule has 0 radical (unpaired) electrons. The van der Waals surface area contributed by atoms with E-state index < -0.39 is 10.0 Å². The summed E-state index contributed by atoms with van der Waals surface area (Å²) in [5.74, 6) is 1.47. The molecule has 0 amide bonds. The van der Waals surface area contributed by atoms with Gasteiger partial charge in [0.2, 0.25) is 10.0 Å². The summed E-state index contributed by atoms with van der Waals surface area (Å²) < 4.78 is 37.3. The molecule has 0 atom stereocenters. The number of para-hydroxylation sites is 1. The number of likely N-dealkylation sites (N-methyl/N-ethyl adjacent to an activating group) is 1. The van der Waals surface area contributed by atoms with E-state index >= 15 is 0 Å². The van der Waals surface area contributed by atoms with Crippen molar-refractivity contribution in [3.05, 3.63) is 48.5 Å². The second-order valence-electron chi connectivity index (χ2n) is 4.70. The average Bonchev–Trinajstić information content (AvgIpc) is 2.59. The smallest absolute Gasteiger partial charge is 0.246 e. The van der Waals surface area contributed by atoms with E-state index in [9.17, 15) is 8.42 Å². The maximum absolute atomic E-state index is 12.4. The van der Waals surface area contributed by atoms with E-state index in [1.165, 1.54) is 10.4 Å². The highest BCUT2D eigenvalue weighted by Crippen LogP contribution is 2.33. The van der Waals surface area contributed by atoms with Gasteiger partial charge in [-0.15, -0.1) is 0 Å². The maximum Gasteiger partial charge on any atom is 0.246 e. The zero-order valence-electron chi connectivity index (χ0n) is 11.5. The van der Waals surface area contributed by atoms with Crippen molar-refractivity contribution in [3.63, 3.8) is 0 Å². The topological polar surface area (TPSA) is 55.8 Å². The third kappa shape index (κ3) is 2.72. The monoisotopic (exact) mass is 305 g/mol. The molecule has 1 heterocycles. The second kappa shape index (κ2) is 5.38. The van der Waals surface area contributed by atoms with Crippen molar-refractivity contribution in [1.82, 2.24) is 4.31 Å². The van der Waals surface area contributed by atoms with Crippen molar-refractivity contribution in [3.8, 4) is 17.2 Å². The Morgan fingerprint density at radius 3 is 2.62 bits per heavy atom. The van der Waals surface area contributed by atoms with Crippen LogP contribution in [0, 0.1) is 0 Å². The minimum absolute atomic E-state index is 0.135. The van der Waals surface area contributed by atoms with Crippen LogP contribution in [0.25, 0.3) is 0 Å². The van der Waals surface area contributed by atoms with Gasteiger partial charge in [0.25, 0.3) is 0 Å². The Morgan fingerprint density at radius 2 is 1.86 bits per heavy atom. The van der Waals surface area contributed by atoms with Crippen molar-refractivity contribution in [2.45, 2.75) is 4.90 Å². The lowest BCUT2D eigenvalue weighted by Gasteiger charge is -2.14. The fourth-order valence-electron chi connectivity index (χ4n) is 2.07. The summed E-state index contributed by atoms with van der Waals surface area (Å²) in [5.41, 5.74) is 0. The van der Waals surface area contributed by atoms with Gasteiger partial charge in [-0.25, -0.2) is 8.42 Å².